The van der Waals surface area contributed by atoms with Gasteiger partial charge in [-0.2, -0.15) is 4.98 Å². The van der Waals surface area contributed by atoms with Crippen molar-refractivity contribution in [2.24, 2.45) is 17.6 Å². The van der Waals surface area contributed by atoms with E-state index in [1.807, 2.05) is 4.57 Å². The Morgan fingerprint density at radius 3 is 2.56 bits per heavy atom. The first-order valence-corrected chi connectivity index (χ1v) is 12.5. The summed E-state index contributed by atoms with van der Waals surface area (Å²) in [7, 11) is 0. The van der Waals surface area contributed by atoms with E-state index in [9.17, 15) is 13.6 Å². The summed E-state index contributed by atoms with van der Waals surface area (Å²) in [6.45, 7) is 3.43. The Balaban J connectivity index is 1.53. The SMILES string of the molecule is C[C@H]1COCC[C@H]1Nc1ncc2nc(Nc3c(F)cc(Cl)cc3F)n(C3CCC(C(N)=O)CC3)c2n1. The van der Waals surface area contributed by atoms with Crippen LogP contribution in [0.4, 0.5) is 26.4 Å². The van der Waals surface area contributed by atoms with Crippen LogP contribution in [-0.2, 0) is 9.53 Å². The maximum atomic E-state index is 14.6. The summed E-state index contributed by atoms with van der Waals surface area (Å²) < 4.78 is 36.6. The fraction of sp³-hybridized carbons (Fsp3) is 0.500. The summed E-state index contributed by atoms with van der Waals surface area (Å²) in [6.07, 6.45) is 4.93. The van der Waals surface area contributed by atoms with Crippen LogP contribution in [0.2, 0.25) is 5.02 Å². The Bertz CT molecular complexity index is 1260. The number of ether oxygens (including phenoxy) is 1. The molecule has 1 saturated heterocycles. The Morgan fingerprint density at radius 2 is 1.89 bits per heavy atom. The molecule has 192 valence electrons. The van der Waals surface area contributed by atoms with E-state index in [0.29, 0.717) is 61.9 Å². The molecule has 2 fully saturated rings. The number of hydrogen-bond donors (Lipinski definition) is 3. The zero-order chi connectivity index (χ0) is 25.4. The molecule has 4 N–H and O–H groups in total. The average Bonchev–Trinajstić information content (AvgIpc) is 3.20. The van der Waals surface area contributed by atoms with Crippen molar-refractivity contribution in [2.75, 3.05) is 23.8 Å². The molecule has 2 aliphatic rings. The number of amides is 1. The molecule has 3 heterocycles. The van der Waals surface area contributed by atoms with Crippen LogP contribution in [0.15, 0.2) is 18.3 Å². The lowest BCUT2D eigenvalue weighted by atomic mass is 9.85. The molecule has 1 saturated carbocycles. The molecule has 0 spiro atoms. The number of primary amides is 1. The van der Waals surface area contributed by atoms with E-state index < -0.39 is 11.6 Å². The second-order valence-electron chi connectivity index (χ2n) is 9.58. The van der Waals surface area contributed by atoms with Crippen molar-refractivity contribution in [2.45, 2.75) is 51.1 Å². The van der Waals surface area contributed by atoms with Crippen LogP contribution >= 0.6 is 11.6 Å². The molecular weight excluding hydrogens is 492 g/mol. The Kier molecular flexibility index (Phi) is 6.94. The molecule has 2 aromatic heterocycles. The van der Waals surface area contributed by atoms with Crippen molar-refractivity contribution in [1.29, 1.82) is 0 Å². The Morgan fingerprint density at radius 1 is 1.17 bits per heavy atom. The minimum Gasteiger partial charge on any atom is -0.381 e. The topological polar surface area (TPSA) is 120 Å². The van der Waals surface area contributed by atoms with Crippen molar-refractivity contribution in [3.8, 4) is 0 Å². The molecule has 2 atom stereocenters. The van der Waals surface area contributed by atoms with Crippen molar-refractivity contribution < 1.29 is 18.3 Å². The third-order valence-corrected chi connectivity index (χ3v) is 7.31. The van der Waals surface area contributed by atoms with Crippen LogP contribution in [0, 0.1) is 23.5 Å². The third kappa shape index (κ3) is 4.94. The second-order valence-corrected chi connectivity index (χ2v) is 10.0. The minimum atomic E-state index is -0.835. The summed E-state index contributed by atoms with van der Waals surface area (Å²) in [5.41, 5.74) is 6.18. The van der Waals surface area contributed by atoms with E-state index in [0.717, 1.165) is 18.6 Å². The van der Waals surface area contributed by atoms with Gasteiger partial charge in [-0.25, -0.2) is 18.7 Å². The Labute approximate surface area is 211 Å². The Hall–Kier alpha value is -3.05. The highest BCUT2D eigenvalue weighted by atomic mass is 35.5. The predicted molar refractivity (Wildman–Crippen MR) is 132 cm³/mol. The molecular formula is C24H28ClF2N7O2. The highest BCUT2D eigenvalue weighted by molar-refractivity contribution is 6.30. The van der Waals surface area contributed by atoms with Gasteiger partial charge in [-0.1, -0.05) is 18.5 Å². The van der Waals surface area contributed by atoms with E-state index in [2.05, 4.69) is 27.5 Å². The molecule has 0 bridgehead atoms. The number of anilines is 3. The first-order chi connectivity index (χ1) is 17.3. The molecule has 3 aromatic rings. The van der Waals surface area contributed by atoms with Crippen LogP contribution < -0.4 is 16.4 Å². The first kappa shape index (κ1) is 24.6. The van der Waals surface area contributed by atoms with Gasteiger partial charge in [0.05, 0.1) is 12.8 Å². The number of nitrogens with zero attached hydrogens (tertiary/aromatic N) is 4. The summed E-state index contributed by atoms with van der Waals surface area (Å²) >= 11 is 5.79. The van der Waals surface area contributed by atoms with E-state index >= 15 is 0 Å². The minimum absolute atomic E-state index is 0.0437. The molecule has 9 nitrogen and oxygen atoms in total. The maximum Gasteiger partial charge on any atom is 0.224 e. The van der Waals surface area contributed by atoms with Crippen LogP contribution in [0.1, 0.15) is 45.1 Å². The highest BCUT2D eigenvalue weighted by Gasteiger charge is 2.30. The van der Waals surface area contributed by atoms with Crippen LogP contribution in [0.5, 0.6) is 0 Å². The smallest absolute Gasteiger partial charge is 0.224 e. The number of fused-ring (bicyclic) bond motifs is 1. The molecule has 1 aliphatic carbocycles. The number of benzene rings is 1. The van der Waals surface area contributed by atoms with Crippen molar-refractivity contribution >= 4 is 46.3 Å². The maximum absolute atomic E-state index is 14.6. The van der Waals surface area contributed by atoms with Crippen molar-refractivity contribution in [3.05, 3.63) is 35.0 Å². The fourth-order valence-corrected chi connectivity index (χ4v) is 5.24. The molecule has 1 aromatic carbocycles. The van der Waals surface area contributed by atoms with Gasteiger partial charge in [0.25, 0.3) is 0 Å². The van der Waals surface area contributed by atoms with Gasteiger partial charge in [0.1, 0.15) is 11.2 Å². The monoisotopic (exact) mass is 519 g/mol. The van der Waals surface area contributed by atoms with E-state index in [1.54, 1.807) is 6.20 Å². The number of carbonyl (C=O) groups is 1. The first-order valence-electron chi connectivity index (χ1n) is 12.1. The second kappa shape index (κ2) is 10.1. The number of rotatable bonds is 6. The molecule has 12 heteroatoms. The van der Waals surface area contributed by atoms with E-state index in [1.165, 1.54) is 0 Å². The standard InChI is InChI=1S/C24H28ClF2N7O2/c1-12-11-36-7-6-18(12)30-23-29-10-19-22(33-23)34(15-4-2-13(3-5-15)21(28)35)24(31-19)32-20-16(26)8-14(25)9-17(20)27/h8-10,12-13,15,18H,2-7,11H2,1H3,(H2,28,35)(H,31,32)(H,29,30,33)/t12-,13?,15?,18+/m0/s1. The lowest BCUT2D eigenvalue weighted by molar-refractivity contribution is -0.122. The summed E-state index contributed by atoms with van der Waals surface area (Å²) in [4.78, 5) is 25.4. The van der Waals surface area contributed by atoms with Gasteiger partial charge < -0.3 is 21.1 Å². The highest BCUT2D eigenvalue weighted by Crippen LogP contribution is 2.38. The van der Waals surface area contributed by atoms with Crippen LogP contribution in [0.25, 0.3) is 11.2 Å². The third-order valence-electron chi connectivity index (χ3n) is 7.10. The fourth-order valence-electron chi connectivity index (χ4n) is 5.05. The molecule has 36 heavy (non-hydrogen) atoms. The lowest BCUT2D eigenvalue weighted by Gasteiger charge is -2.30. The number of halogens is 3. The number of nitrogens with one attached hydrogen (secondary N) is 2. The molecule has 1 amide bonds. The van der Waals surface area contributed by atoms with Crippen molar-refractivity contribution in [3.63, 3.8) is 0 Å². The van der Waals surface area contributed by atoms with Gasteiger partial charge in [0.15, 0.2) is 17.3 Å². The molecule has 5 rings (SSSR count). The van der Waals surface area contributed by atoms with Gasteiger partial charge in [-0.05, 0) is 50.2 Å². The van der Waals surface area contributed by atoms with E-state index in [-0.39, 0.29) is 40.6 Å². The van der Waals surface area contributed by atoms with Crippen molar-refractivity contribution in [1.82, 2.24) is 19.5 Å². The molecule has 0 radical (unpaired) electrons. The summed E-state index contributed by atoms with van der Waals surface area (Å²) in [5.74, 6) is -1.20. The molecule has 1 aliphatic heterocycles. The van der Waals surface area contributed by atoms with Gasteiger partial charge in [-0.3, -0.25) is 9.36 Å². The predicted octanol–water partition coefficient (Wildman–Crippen LogP) is 4.56. The zero-order valence-corrected chi connectivity index (χ0v) is 20.6. The number of nitrogens with two attached hydrogens (primary N) is 1. The van der Waals surface area contributed by atoms with Gasteiger partial charge in [0.2, 0.25) is 17.8 Å². The van der Waals surface area contributed by atoms with Crippen LogP contribution in [-0.4, -0.2) is 44.7 Å². The summed E-state index contributed by atoms with van der Waals surface area (Å²) in [5, 5.41) is 6.17. The van der Waals surface area contributed by atoms with Crippen LogP contribution in [0.3, 0.4) is 0 Å². The van der Waals surface area contributed by atoms with Gasteiger partial charge in [-0.15, -0.1) is 0 Å². The average molecular weight is 520 g/mol. The summed E-state index contributed by atoms with van der Waals surface area (Å²) in [6, 6.07) is 2.13. The van der Waals surface area contributed by atoms with Gasteiger partial charge >= 0.3 is 0 Å². The van der Waals surface area contributed by atoms with E-state index in [4.69, 9.17) is 27.1 Å². The normalized spacial score (nSPS) is 24.6. The number of hydrogen-bond acceptors (Lipinski definition) is 7. The lowest BCUT2D eigenvalue weighted by Crippen LogP contribution is -2.36. The number of carbonyl (C=O) groups excluding carboxylic acids is 1. The van der Waals surface area contributed by atoms with Gasteiger partial charge in [0, 0.05) is 29.6 Å². The number of aromatic nitrogens is 4. The quantitative estimate of drug-likeness (QED) is 0.437. The zero-order valence-electron chi connectivity index (χ0n) is 19.8. The number of imidazole rings is 1. The largest absolute Gasteiger partial charge is 0.381 e. The molecule has 0 unspecified atom stereocenters.